The molecule has 0 unspecified atom stereocenters. The summed E-state index contributed by atoms with van der Waals surface area (Å²) in [6.07, 6.45) is 2.68. The lowest BCUT2D eigenvalue weighted by molar-refractivity contribution is 0.590. The minimum Gasteiger partial charge on any atom is -0.312 e. The van der Waals surface area contributed by atoms with E-state index in [1.54, 1.807) is 12.1 Å². The second-order valence-corrected chi connectivity index (χ2v) is 3.36. The van der Waals surface area contributed by atoms with Gasteiger partial charge in [-0.25, -0.2) is 4.39 Å². The van der Waals surface area contributed by atoms with Crippen LogP contribution in [0.5, 0.6) is 0 Å². The number of hydrogen-bond acceptors (Lipinski definition) is 1. The van der Waals surface area contributed by atoms with Crippen molar-refractivity contribution in [3.8, 4) is 0 Å². The molecule has 0 heterocycles. The van der Waals surface area contributed by atoms with Crippen LogP contribution >= 0.6 is 11.6 Å². The van der Waals surface area contributed by atoms with Gasteiger partial charge in [0.1, 0.15) is 5.82 Å². The predicted octanol–water partition coefficient (Wildman–Crippen LogP) is 3.14. The molecular weight excluding hydrogens is 201 g/mol. The van der Waals surface area contributed by atoms with E-state index in [0.29, 0.717) is 17.1 Å². The molecule has 0 aliphatic rings. The van der Waals surface area contributed by atoms with E-state index >= 15 is 0 Å². The molecule has 1 nitrogen and oxygen atoms in total. The molecule has 0 saturated heterocycles. The largest absolute Gasteiger partial charge is 0.312 e. The van der Waals surface area contributed by atoms with Crippen LogP contribution in [0.4, 0.5) is 4.39 Å². The van der Waals surface area contributed by atoms with Crippen LogP contribution in [-0.2, 0) is 6.54 Å². The molecule has 76 valence electrons. The Balaban J connectivity index is 2.53. The van der Waals surface area contributed by atoms with E-state index in [1.165, 1.54) is 6.07 Å². The maximum Gasteiger partial charge on any atom is 0.129 e. The first-order valence-corrected chi connectivity index (χ1v) is 4.88. The van der Waals surface area contributed by atoms with Crippen LogP contribution in [0.25, 0.3) is 0 Å². The predicted molar refractivity (Wildman–Crippen MR) is 57.9 cm³/mol. The van der Waals surface area contributed by atoms with Crippen molar-refractivity contribution in [3.63, 3.8) is 0 Å². The minimum atomic E-state index is -0.261. The van der Waals surface area contributed by atoms with E-state index in [0.717, 1.165) is 13.0 Å². The van der Waals surface area contributed by atoms with Crippen molar-refractivity contribution in [3.05, 3.63) is 47.3 Å². The highest BCUT2D eigenvalue weighted by atomic mass is 35.5. The first kappa shape index (κ1) is 11.2. The first-order valence-electron chi connectivity index (χ1n) is 4.50. The normalized spacial score (nSPS) is 10.1. The van der Waals surface area contributed by atoms with Crippen molar-refractivity contribution in [2.24, 2.45) is 0 Å². The minimum absolute atomic E-state index is 0.261. The standard InChI is InChI=1S/C11H13ClFN/c1-2-3-7-14-8-9-10(12)5-4-6-11(9)13/h2,4-6,14H,1,3,7-8H2. The molecule has 0 aliphatic heterocycles. The van der Waals surface area contributed by atoms with Crippen molar-refractivity contribution in [1.29, 1.82) is 0 Å². The average Bonchev–Trinajstić information content (AvgIpc) is 2.16. The van der Waals surface area contributed by atoms with E-state index in [4.69, 9.17) is 11.6 Å². The van der Waals surface area contributed by atoms with Gasteiger partial charge in [0.25, 0.3) is 0 Å². The second kappa shape index (κ2) is 5.78. The number of hydrogen-bond donors (Lipinski definition) is 1. The third-order valence-corrected chi connectivity index (χ3v) is 2.24. The lowest BCUT2D eigenvalue weighted by Gasteiger charge is -2.06. The highest BCUT2D eigenvalue weighted by Crippen LogP contribution is 2.18. The van der Waals surface area contributed by atoms with Gasteiger partial charge >= 0.3 is 0 Å². The zero-order valence-corrected chi connectivity index (χ0v) is 8.65. The average molecular weight is 214 g/mol. The summed E-state index contributed by atoms with van der Waals surface area (Å²) < 4.78 is 13.2. The zero-order chi connectivity index (χ0) is 10.4. The van der Waals surface area contributed by atoms with Gasteiger partial charge in [0.05, 0.1) is 0 Å². The van der Waals surface area contributed by atoms with E-state index in [-0.39, 0.29) is 5.82 Å². The van der Waals surface area contributed by atoms with Crippen LogP contribution in [-0.4, -0.2) is 6.54 Å². The van der Waals surface area contributed by atoms with Crippen molar-refractivity contribution in [1.82, 2.24) is 5.32 Å². The van der Waals surface area contributed by atoms with Crippen molar-refractivity contribution in [2.45, 2.75) is 13.0 Å². The number of nitrogens with one attached hydrogen (secondary N) is 1. The second-order valence-electron chi connectivity index (χ2n) is 2.95. The number of halogens is 2. The fraction of sp³-hybridized carbons (Fsp3) is 0.273. The van der Waals surface area contributed by atoms with Crippen LogP contribution in [0.1, 0.15) is 12.0 Å². The van der Waals surface area contributed by atoms with Gasteiger partial charge in [-0.05, 0) is 25.1 Å². The summed E-state index contributed by atoms with van der Waals surface area (Å²) in [5.74, 6) is -0.261. The molecule has 0 saturated carbocycles. The van der Waals surface area contributed by atoms with Crippen LogP contribution in [0.3, 0.4) is 0 Å². The van der Waals surface area contributed by atoms with E-state index in [1.807, 2.05) is 6.08 Å². The topological polar surface area (TPSA) is 12.0 Å². The van der Waals surface area contributed by atoms with Gasteiger partial charge in [0, 0.05) is 17.1 Å². The van der Waals surface area contributed by atoms with Gasteiger partial charge in [-0.3, -0.25) is 0 Å². The molecule has 0 aliphatic carbocycles. The molecule has 3 heteroatoms. The molecule has 1 aromatic carbocycles. The molecule has 0 radical (unpaired) electrons. The SMILES string of the molecule is C=CCCNCc1c(F)cccc1Cl. The zero-order valence-electron chi connectivity index (χ0n) is 7.89. The molecule has 0 atom stereocenters. The summed E-state index contributed by atoms with van der Waals surface area (Å²) in [4.78, 5) is 0. The van der Waals surface area contributed by atoms with Gasteiger partial charge in [0.15, 0.2) is 0 Å². The van der Waals surface area contributed by atoms with Crippen LogP contribution < -0.4 is 5.32 Å². The molecule has 1 aromatic rings. The summed E-state index contributed by atoms with van der Waals surface area (Å²) >= 11 is 5.84. The first-order chi connectivity index (χ1) is 6.75. The van der Waals surface area contributed by atoms with Gasteiger partial charge in [-0.2, -0.15) is 0 Å². The Morgan fingerprint density at radius 2 is 2.29 bits per heavy atom. The molecule has 0 fully saturated rings. The third-order valence-electron chi connectivity index (χ3n) is 1.89. The third kappa shape index (κ3) is 3.13. The fourth-order valence-electron chi connectivity index (χ4n) is 1.12. The summed E-state index contributed by atoms with van der Waals surface area (Å²) in [6.45, 7) is 4.84. The summed E-state index contributed by atoms with van der Waals surface area (Å²) in [7, 11) is 0. The van der Waals surface area contributed by atoms with Crippen LogP contribution in [0, 0.1) is 5.82 Å². The highest BCUT2D eigenvalue weighted by Gasteiger charge is 2.04. The quantitative estimate of drug-likeness (QED) is 0.585. The Morgan fingerprint density at radius 3 is 2.93 bits per heavy atom. The maximum atomic E-state index is 13.2. The van der Waals surface area contributed by atoms with E-state index in [2.05, 4.69) is 11.9 Å². The van der Waals surface area contributed by atoms with E-state index < -0.39 is 0 Å². The Bertz CT molecular complexity index is 292. The van der Waals surface area contributed by atoms with Gasteiger partial charge < -0.3 is 5.32 Å². The van der Waals surface area contributed by atoms with Crippen molar-refractivity contribution < 1.29 is 4.39 Å². The molecule has 14 heavy (non-hydrogen) atoms. The number of rotatable bonds is 5. The summed E-state index contributed by atoms with van der Waals surface area (Å²) in [5, 5.41) is 3.56. The Hall–Kier alpha value is -0.860. The molecule has 0 aromatic heterocycles. The monoisotopic (exact) mass is 213 g/mol. The molecule has 0 bridgehead atoms. The van der Waals surface area contributed by atoms with Crippen molar-refractivity contribution in [2.75, 3.05) is 6.54 Å². The summed E-state index contributed by atoms with van der Waals surface area (Å²) in [6, 6.07) is 4.70. The smallest absolute Gasteiger partial charge is 0.129 e. The van der Waals surface area contributed by atoms with Gasteiger partial charge in [-0.15, -0.1) is 6.58 Å². The van der Waals surface area contributed by atoms with Gasteiger partial charge in [-0.1, -0.05) is 23.7 Å². The van der Waals surface area contributed by atoms with Crippen LogP contribution in [0.15, 0.2) is 30.9 Å². The lowest BCUT2D eigenvalue weighted by atomic mass is 10.2. The Kier molecular flexibility index (Phi) is 4.63. The molecule has 1 rings (SSSR count). The highest BCUT2D eigenvalue weighted by molar-refractivity contribution is 6.31. The molecule has 0 spiro atoms. The van der Waals surface area contributed by atoms with Crippen molar-refractivity contribution >= 4 is 11.6 Å². The lowest BCUT2D eigenvalue weighted by Crippen LogP contribution is -2.15. The number of benzene rings is 1. The Labute approximate surface area is 88.6 Å². The summed E-state index contributed by atoms with van der Waals surface area (Å²) in [5.41, 5.74) is 0.526. The molecule has 1 N–H and O–H groups in total. The Morgan fingerprint density at radius 1 is 1.50 bits per heavy atom. The van der Waals surface area contributed by atoms with E-state index in [9.17, 15) is 4.39 Å². The molecule has 0 amide bonds. The van der Waals surface area contributed by atoms with Gasteiger partial charge in [0.2, 0.25) is 0 Å². The van der Waals surface area contributed by atoms with Crippen LogP contribution in [0.2, 0.25) is 5.02 Å². The molecular formula is C11H13ClFN. The fourth-order valence-corrected chi connectivity index (χ4v) is 1.35. The maximum absolute atomic E-state index is 13.2.